The van der Waals surface area contributed by atoms with Crippen molar-refractivity contribution in [2.24, 2.45) is 0 Å². The number of thiazole rings is 1. The highest BCUT2D eigenvalue weighted by Gasteiger charge is 2.19. The second kappa shape index (κ2) is 6.94. The van der Waals surface area contributed by atoms with E-state index in [1.54, 1.807) is 6.07 Å². The van der Waals surface area contributed by atoms with Crippen molar-refractivity contribution < 1.29 is 8.78 Å². The lowest BCUT2D eigenvalue weighted by Gasteiger charge is -2.11. The van der Waals surface area contributed by atoms with Gasteiger partial charge in [-0.3, -0.25) is 0 Å². The number of benzene rings is 1. The molecular formula is C15H17BrF2N2S. The number of aromatic nitrogens is 1. The lowest BCUT2D eigenvalue weighted by Crippen LogP contribution is -2.18. The Hall–Kier alpha value is -0.850. The fourth-order valence-corrected chi connectivity index (χ4v) is 3.83. The van der Waals surface area contributed by atoms with Crippen LogP contribution in [0.2, 0.25) is 0 Å². The Bertz CT molecular complexity index is 643. The smallest absolute Gasteiger partial charge is 0.173 e. The standard InChI is InChI=1S/C15H17BrF2N2S/c1-4-7-19-8(2)14-9(3)20-15(21-14)10-5-6-11(17)13(18)12(10)16/h5-6,8,19H,4,7H2,1-3H3. The summed E-state index contributed by atoms with van der Waals surface area (Å²) in [7, 11) is 0. The van der Waals surface area contributed by atoms with Crippen LogP contribution in [0.5, 0.6) is 0 Å². The van der Waals surface area contributed by atoms with Crippen LogP contribution in [0.3, 0.4) is 0 Å². The van der Waals surface area contributed by atoms with Gasteiger partial charge in [0, 0.05) is 16.5 Å². The molecule has 1 N–H and O–H groups in total. The highest BCUT2D eigenvalue weighted by atomic mass is 79.9. The van der Waals surface area contributed by atoms with Crippen molar-refractivity contribution in [2.45, 2.75) is 33.2 Å². The van der Waals surface area contributed by atoms with Crippen LogP contribution in [0.15, 0.2) is 16.6 Å². The van der Waals surface area contributed by atoms with Crippen molar-refractivity contribution in [3.05, 3.63) is 38.8 Å². The molecule has 0 radical (unpaired) electrons. The van der Waals surface area contributed by atoms with E-state index in [0.717, 1.165) is 29.6 Å². The van der Waals surface area contributed by atoms with Crippen molar-refractivity contribution in [1.82, 2.24) is 10.3 Å². The van der Waals surface area contributed by atoms with Crippen LogP contribution in [-0.2, 0) is 0 Å². The minimum absolute atomic E-state index is 0.122. The topological polar surface area (TPSA) is 24.9 Å². The minimum atomic E-state index is -0.876. The predicted octanol–water partition coefficient (Wildman–Crippen LogP) is 5.22. The number of rotatable bonds is 5. The maximum Gasteiger partial charge on any atom is 0.173 e. The third-order valence-corrected chi connectivity index (χ3v) is 5.34. The average molecular weight is 375 g/mol. The summed E-state index contributed by atoms with van der Waals surface area (Å²) in [6, 6.07) is 2.87. The van der Waals surface area contributed by atoms with Crippen LogP contribution in [0.1, 0.15) is 36.9 Å². The Morgan fingerprint density at radius 1 is 1.38 bits per heavy atom. The molecule has 0 spiro atoms. The van der Waals surface area contributed by atoms with Gasteiger partial charge in [-0.1, -0.05) is 6.92 Å². The summed E-state index contributed by atoms with van der Waals surface area (Å²) in [6.07, 6.45) is 1.06. The molecule has 0 aliphatic rings. The van der Waals surface area contributed by atoms with Gasteiger partial charge in [-0.15, -0.1) is 11.3 Å². The summed E-state index contributed by atoms with van der Waals surface area (Å²) in [5.74, 6) is -1.74. The van der Waals surface area contributed by atoms with Gasteiger partial charge in [-0.2, -0.15) is 0 Å². The normalized spacial score (nSPS) is 12.7. The molecule has 1 aromatic heterocycles. The fraction of sp³-hybridized carbons (Fsp3) is 0.400. The molecule has 1 aromatic carbocycles. The summed E-state index contributed by atoms with van der Waals surface area (Å²) >= 11 is 4.62. The van der Waals surface area contributed by atoms with Gasteiger partial charge in [0.05, 0.1) is 10.2 Å². The first-order chi connectivity index (χ1) is 9.95. The highest BCUT2D eigenvalue weighted by molar-refractivity contribution is 9.10. The summed E-state index contributed by atoms with van der Waals surface area (Å²) in [4.78, 5) is 5.62. The van der Waals surface area contributed by atoms with E-state index in [0.29, 0.717) is 10.6 Å². The van der Waals surface area contributed by atoms with E-state index in [1.807, 2.05) is 6.92 Å². The Kier molecular flexibility index (Phi) is 5.46. The number of hydrogen-bond acceptors (Lipinski definition) is 3. The zero-order chi connectivity index (χ0) is 15.6. The molecule has 21 heavy (non-hydrogen) atoms. The molecule has 1 heterocycles. The number of aryl methyl sites for hydroxylation is 1. The first-order valence-corrected chi connectivity index (χ1v) is 8.41. The largest absolute Gasteiger partial charge is 0.309 e. The first kappa shape index (κ1) is 16.5. The van der Waals surface area contributed by atoms with Crippen LogP contribution in [0, 0.1) is 18.6 Å². The van der Waals surface area contributed by atoms with Crippen LogP contribution >= 0.6 is 27.3 Å². The van der Waals surface area contributed by atoms with Crippen LogP contribution in [0.4, 0.5) is 8.78 Å². The van der Waals surface area contributed by atoms with Gasteiger partial charge in [-0.05, 0) is 54.9 Å². The molecule has 0 aliphatic heterocycles. The average Bonchev–Trinajstić information content (AvgIpc) is 2.84. The summed E-state index contributed by atoms with van der Waals surface area (Å²) in [5, 5.41) is 4.11. The van der Waals surface area contributed by atoms with Crippen LogP contribution < -0.4 is 5.32 Å². The monoisotopic (exact) mass is 374 g/mol. The van der Waals surface area contributed by atoms with Gasteiger partial charge in [0.25, 0.3) is 0 Å². The molecule has 2 aromatic rings. The molecule has 2 nitrogen and oxygen atoms in total. The number of nitrogens with one attached hydrogen (secondary N) is 1. The second-order valence-corrected chi connectivity index (χ2v) is 6.69. The minimum Gasteiger partial charge on any atom is -0.309 e. The molecule has 0 amide bonds. The van der Waals surface area contributed by atoms with Gasteiger partial charge >= 0.3 is 0 Å². The predicted molar refractivity (Wildman–Crippen MR) is 86.6 cm³/mol. The third kappa shape index (κ3) is 3.49. The van der Waals surface area contributed by atoms with E-state index in [-0.39, 0.29) is 10.5 Å². The number of nitrogens with zero attached hydrogens (tertiary/aromatic N) is 1. The Balaban J connectivity index is 2.37. The quantitative estimate of drug-likeness (QED) is 0.725. The van der Waals surface area contributed by atoms with Crippen LogP contribution in [0.25, 0.3) is 10.6 Å². The van der Waals surface area contributed by atoms with E-state index in [1.165, 1.54) is 11.3 Å². The molecular weight excluding hydrogens is 358 g/mol. The molecule has 0 saturated heterocycles. The highest BCUT2D eigenvalue weighted by Crippen LogP contribution is 2.37. The maximum atomic E-state index is 13.7. The Labute approximate surface area is 135 Å². The second-order valence-electron chi connectivity index (χ2n) is 4.87. The van der Waals surface area contributed by atoms with Crippen molar-refractivity contribution in [1.29, 1.82) is 0 Å². The molecule has 1 atom stereocenters. The van der Waals surface area contributed by atoms with Gasteiger partial charge in [0.1, 0.15) is 5.01 Å². The van der Waals surface area contributed by atoms with E-state index in [2.05, 4.69) is 40.1 Å². The van der Waals surface area contributed by atoms with Gasteiger partial charge in [0.2, 0.25) is 0 Å². The van der Waals surface area contributed by atoms with Gasteiger partial charge in [-0.25, -0.2) is 13.8 Å². The number of halogens is 3. The van der Waals surface area contributed by atoms with Gasteiger partial charge in [0.15, 0.2) is 11.6 Å². The van der Waals surface area contributed by atoms with E-state index < -0.39 is 11.6 Å². The van der Waals surface area contributed by atoms with Crippen molar-refractivity contribution >= 4 is 27.3 Å². The molecule has 2 rings (SSSR count). The maximum absolute atomic E-state index is 13.7. The van der Waals surface area contributed by atoms with Crippen LogP contribution in [-0.4, -0.2) is 11.5 Å². The molecule has 6 heteroatoms. The summed E-state index contributed by atoms with van der Waals surface area (Å²) < 4.78 is 27.0. The number of hydrogen-bond donors (Lipinski definition) is 1. The third-order valence-electron chi connectivity index (χ3n) is 3.19. The molecule has 1 unspecified atom stereocenters. The fourth-order valence-electron chi connectivity index (χ4n) is 2.07. The van der Waals surface area contributed by atoms with Crippen molar-refractivity contribution in [3.8, 4) is 10.6 Å². The van der Waals surface area contributed by atoms with Crippen molar-refractivity contribution in [3.63, 3.8) is 0 Å². The van der Waals surface area contributed by atoms with E-state index >= 15 is 0 Å². The van der Waals surface area contributed by atoms with Gasteiger partial charge < -0.3 is 5.32 Å². The lowest BCUT2D eigenvalue weighted by molar-refractivity contribution is 0.505. The SMILES string of the molecule is CCCNC(C)c1sc(-c2ccc(F)c(F)c2Br)nc1C. The Morgan fingerprint density at radius 2 is 2.10 bits per heavy atom. The first-order valence-electron chi connectivity index (χ1n) is 6.80. The molecule has 0 fully saturated rings. The lowest BCUT2D eigenvalue weighted by atomic mass is 10.2. The van der Waals surface area contributed by atoms with E-state index in [4.69, 9.17) is 0 Å². The van der Waals surface area contributed by atoms with E-state index in [9.17, 15) is 8.78 Å². The molecule has 114 valence electrons. The molecule has 0 bridgehead atoms. The Morgan fingerprint density at radius 3 is 2.76 bits per heavy atom. The molecule has 0 saturated carbocycles. The molecule has 0 aliphatic carbocycles. The zero-order valence-electron chi connectivity index (χ0n) is 12.1. The zero-order valence-corrected chi connectivity index (χ0v) is 14.5. The summed E-state index contributed by atoms with van der Waals surface area (Å²) in [5.41, 5.74) is 1.50. The summed E-state index contributed by atoms with van der Waals surface area (Å²) in [6.45, 7) is 7.07. The van der Waals surface area contributed by atoms with Crippen molar-refractivity contribution in [2.75, 3.05) is 6.54 Å².